The molecule has 0 aliphatic heterocycles. The summed E-state index contributed by atoms with van der Waals surface area (Å²) in [6.45, 7) is 7.62. The van der Waals surface area contributed by atoms with Crippen molar-refractivity contribution in [1.82, 2.24) is 0 Å². The van der Waals surface area contributed by atoms with Gasteiger partial charge in [0.1, 0.15) is 5.82 Å². The maximum Gasteiger partial charge on any atom is 0.225 e. The van der Waals surface area contributed by atoms with Gasteiger partial charge in [-0.05, 0) is 30.0 Å². The molecule has 0 aliphatic rings. The van der Waals surface area contributed by atoms with E-state index >= 15 is 0 Å². The molecule has 0 saturated carbocycles. The van der Waals surface area contributed by atoms with E-state index in [1.807, 2.05) is 20.8 Å². The van der Waals surface area contributed by atoms with Gasteiger partial charge in [0.05, 0.1) is 0 Å². The van der Waals surface area contributed by atoms with Crippen molar-refractivity contribution < 1.29 is 9.18 Å². The topological polar surface area (TPSA) is 55.1 Å². The number of benzene rings is 1. The van der Waals surface area contributed by atoms with Gasteiger partial charge in [-0.3, -0.25) is 4.79 Å². The highest BCUT2D eigenvalue weighted by atomic mass is 19.1. The number of aryl methyl sites for hydroxylation is 1. The van der Waals surface area contributed by atoms with Crippen LogP contribution in [0.4, 0.5) is 10.1 Å². The lowest BCUT2D eigenvalue weighted by Gasteiger charge is -2.26. The number of nitrogens with one attached hydrogen (secondary N) is 1. The van der Waals surface area contributed by atoms with Crippen LogP contribution < -0.4 is 11.1 Å². The summed E-state index contributed by atoms with van der Waals surface area (Å²) in [5.41, 5.74) is 6.81. The third-order valence-electron chi connectivity index (χ3n) is 2.97. The Morgan fingerprint density at radius 3 is 2.56 bits per heavy atom. The van der Waals surface area contributed by atoms with Crippen LogP contribution in [0.2, 0.25) is 0 Å². The summed E-state index contributed by atoms with van der Waals surface area (Å²) >= 11 is 0. The fraction of sp³-hybridized carbons (Fsp3) is 0.500. The van der Waals surface area contributed by atoms with E-state index in [4.69, 9.17) is 5.73 Å². The predicted molar refractivity (Wildman–Crippen MR) is 71.8 cm³/mol. The van der Waals surface area contributed by atoms with E-state index in [0.717, 1.165) is 0 Å². The van der Waals surface area contributed by atoms with E-state index in [2.05, 4.69) is 5.32 Å². The van der Waals surface area contributed by atoms with Gasteiger partial charge in [0.2, 0.25) is 5.91 Å². The maximum absolute atomic E-state index is 13.3. The van der Waals surface area contributed by atoms with Crippen molar-refractivity contribution in [3.05, 3.63) is 29.6 Å². The summed E-state index contributed by atoms with van der Waals surface area (Å²) in [5.74, 6) is -0.520. The lowest BCUT2D eigenvalue weighted by Crippen LogP contribution is -2.38. The lowest BCUT2D eigenvalue weighted by molar-refractivity contribution is -0.117. The molecule has 1 rings (SSSR count). The van der Waals surface area contributed by atoms with Crippen molar-refractivity contribution in [2.24, 2.45) is 11.1 Å². The third-order valence-corrected chi connectivity index (χ3v) is 2.97. The van der Waals surface area contributed by atoms with Crippen molar-refractivity contribution >= 4 is 11.6 Å². The van der Waals surface area contributed by atoms with Gasteiger partial charge in [0.25, 0.3) is 0 Å². The molecule has 18 heavy (non-hydrogen) atoms. The summed E-state index contributed by atoms with van der Waals surface area (Å²) in [5, 5.41) is 2.65. The Bertz CT molecular complexity index is 438. The molecule has 1 unspecified atom stereocenters. The SMILES string of the molecule is Cc1ccc(NC(=O)CC(N)C(C)(C)C)cc1F. The minimum atomic E-state index is -0.326. The van der Waals surface area contributed by atoms with Gasteiger partial charge >= 0.3 is 0 Å². The van der Waals surface area contributed by atoms with E-state index in [1.165, 1.54) is 6.07 Å². The fourth-order valence-electron chi connectivity index (χ4n) is 1.39. The van der Waals surface area contributed by atoms with E-state index in [9.17, 15) is 9.18 Å². The first kappa shape index (κ1) is 14.6. The summed E-state index contributed by atoms with van der Waals surface area (Å²) in [6, 6.07) is 4.40. The van der Waals surface area contributed by atoms with Crippen molar-refractivity contribution in [2.75, 3.05) is 5.32 Å². The second kappa shape index (κ2) is 5.48. The van der Waals surface area contributed by atoms with E-state index in [-0.39, 0.29) is 29.6 Å². The molecule has 0 bridgehead atoms. The first-order chi connectivity index (χ1) is 8.20. The number of hydrogen-bond donors (Lipinski definition) is 2. The zero-order valence-electron chi connectivity index (χ0n) is 11.4. The second-order valence-corrected chi connectivity index (χ2v) is 5.69. The van der Waals surface area contributed by atoms with Crippen LogP contribution >= 0.6 is 0 Å². The van der Waals surface area contributed by atoms with Crippen LogP contribution in [0, 0.1) is 18.2 Å². The zero-order chi connectivity index (χ0) is 13.9. The number of hydrogen-bond acceptors (Lipinski definition) is 2. The van der Waals surface area contributed by atoms with E-state index < -0.39 is 0 Å². The number of carbonyl (C=O) groups excluding carboxylic acids is 1. The Morgan fingerprint density at radius 2 is 2.06 bits per heavy atom. The van der Waals surface area contributed by atoms with Gasteiger partial charge in [0, 0.05) is 18.2 Å². The molecule has 0 saturated heterocycles. The highest BCUT2D eigenvalue weighted by Crippen LogP contribution is 2.20. The van der Waals surface area contributed by atoms with Crippen LogP contribution in [-0.2, 0) is 4.79 Å². The second-order valence-electron chi connectivity index (χ2n) is 5.69. The molecule has 1 aromatic rings. The lowest BCUT2D eigenvalue weighted by atomic mass is 9.85. The van der Waals surface area contributed by atoms with Crippen LogP contribution in [0.25, 0.3) is 0 Å². The molecular formula is C14H21FN2O. The predicted octanol–water partition coefficient (Wildman–Crippen LogP) is 2.84. The molecule has 0 spiro atoms. The zero-order valence-corrected chi connectivity index (χ0v) is 11.4. The van der Waals surface area contributed by atoms with Gasteiger partial charge in [-0.25, -0.2) is 4.39 Å². The van der Waals surface area contributed by atoms with Gasteiger partial charge < -0.3 is 11.1 Å². The van der Waals surface area contributed by atoms with E-state index in [1.54, 1.807) is 19.1 Å². The Morgan fingerprint density at radius 1 is 1.44 bits per heavy atom. The maximum atomic E-state index is 13.3. The summed E-state index contributed by atoms with van der Waals surface area (Å²) in [4.78, 5) is 11.8. The Hall–Kier alpha value is -1.42. The molecule has 1 amide bonds. The monoisotopic (exact) mass is 252 g/mol. The summed E-state index contributed by atoms with van der Waals surface area (Å²) in [7, 11) is 0. The number of carbonyl (C=O) groups is 1. The smallest absolute Gasteiger partial charge is 0.225 e. The van der Waals surface area contributed by atoms with Crippen LogP contribution in [0.3, 0.4) is 0 Å². The van der Waals surface area contributed by atoms with Gasteiger partial charge in [0.15, 0.2) is 0 Å². The molecule has 0 aromatic heterocycles. The van der Waals surface area contributed by atoms with Crippen molar-refractivity contribution in [3.63, 3.8) is 0 Å². The van der Waals surface area contributed by atoms with Gasteiger partial charge in [-0.1, -0.05) is 26.8 Å². The number of nitrogens with two attached hydrogens (primary N) is 1. The number of amides is 1. The first-order valence-electron chi connectivity index (χ1n) is 6.01. The average molecular weight is 252 g/mol. The van der Waals surface area contributed by atoms with Crippen LogP contribution in [0.15, 0.2) is 18.2 Å². The molecule has 0 radical (unpaired) electrons. The molecule has 1 aromatic carbocycles. The molecule has 0 aliphatic carbocycles. The highest BCUT2D eigenvalue weighted by molar-refractivity contribution is 5.91. The van der Waals surface area contributed by atoms with Crippen LogP contribution in [0.1, 0.15) is 32.8 Å². The van der Waals surface area contributed by atoms with Crippen molar-refractivity contribution in [1.29, 1.82) is 0 Å². The van der Waals surface area contributed by atoms with Gasteiger partial charge in [-0.2, -0.15) is 0 Å². The molecular weight excluding hydrogens is 231 g/mol. The summed E-state index contributed by atoms with van der Waals surface area (Å²) < 4.78 is 13.3. The Labute approximate surface area is 108 Å². The van der Waals surface area contributed by atoms with Crippen LogP contribution in [0.5, 0.6) is 0 Å². The minimum Gasteiger partial charge on any atom is -0.327 e. The van der Waals surface area contributed by atoms with Crippen molar-refractivity contribution in [2.45, 2.75) is 40.2 Å². The quantitative estimate of drug-likeness (QED) is 0.869. The number of rotatable bonds is 3. The average Bonchev–Trinajstić information content (AvgIpc) is 2.22. The fourth-order valence-corrected chi connectivity index (χ4v) is 1.39. The van der Waals surface area contributed by atoms with Gasteiger partial charge in [-0.15, -0.1) is 0 Å². The molecule has 3 N–H and O–H groups in total. The molecule has 4 heteroatoms. The standard InChI is InChI=1S/C14H21FN2O/c1-9-5-6-10(7-11(9)15)17-13(18)8-12(16)14(2,3)4/h5-7,12H,8,16H2,1-4H3,(H,17,18). The Balaban J connectivity index is 2.62. The molecule has 0 heterocycles. The normalized spacial score (nSPS) is 13.2. The third kappa shape index (κ3) is 4.11. The number of anilines is 1. The Kier molecular flexibility index (Phi) is 4.46. The van der Waals surface area contributed by atoms with Crippen LogP contribution in [-0.4, -0.2) is 11.9 Å². The first-order valence-corrected chi connectivity index (χ1v) is 6.01. The molecule has 100 valence electrons. The highest BCUT2D eigenvalue weighted by Gasteiger charge is 2.23. The summed E-state index contributed by atoms with van der Waals surface area (Å²) in [6.07, 6.45) is 0.221. The minimum absolute atomic E-state index is 0.129. The molecule has 1 atom stereocenters. The largest absolute Gasteiger partial charge is 0.327 e. The van der Waals surface area contributed by atoms with E-state index in [0.29, 0.717) is 11.3 Å². The van der Waals surface area contributed by atoms with Crippen molar-refractivity contribution in [3.8, 4) is 0 Å². The molecule has 0 fully saturated rings. The molecule has 3 nitrogen and oxygen atoms in total. The number of halogens is 1.